The van der Waals surface area contributed by atoms with Crippen LogP contribution in [0.3, 0.4) is 0 Å². The largest absolute Gasteiger partial charge is 0.460 e. The molecular formula is C30H39F21InO6+6. The van der Waals surface area contributed by atoms with E-state index >= 15 is 0 Å². The van der Waals surface area contributed by atoms with Crippen LogP contribution < -0.4 is 0 Å². The second-order valence-corrected chi connectivity index (χ2v) is 14.9. The Hall–Kier alpha value is -2.58. The predicted octanol–water partition coefficient (Wildman–Crippen LogP) is 9.66. The molecule has 0 rings (SSSR count). The van der Waals surface area contributed by atoms with Gasteiger partial charge in [0.25, 0.3) is 0 Å². The van der Waals surface area contributed by atoms with Crippen molar-refractivity contribution in [3.63, 3.8) is 0 Å². The predicted molar refractivity (Wildman–Crippen MR) is 167 cm³/mol. The third kappa shape index (κ3) is 14.9. The van der Waals surface area contributed by atoms with Crippen molar-refractivity contribution in [1.82, 2.24) is 0 Å². The molecule has 0 aromatic rings. The zero-order valence-corrected chi connectivity index (χ0v) is 34.6. The van der Waals surface area contributed by atoms with Crippen LogP contribution in [0.5, 0.6) is 0 Å². The molecule has 58 heavy (non-hydrogen) atoms. The molecule has 339 valence electrons. The van der Waals surface area contributed by atoms with Crippen molar-refractivity contribution < 1.29 is 121 Å². The molecule has 0 spiro atoms. The minimum Gasteiger partial charge on any atom is -0.282 e. The Kier molecular flexibility index (Phi) is 20.3. The van der Waals surface area contributed by atoms with E-state index in [1.807, 2.05) is 0 Å². The molecular weight excluding hydrogens is 970 g/mol. The van der Waals surface area contributed by atoms with Gasteiger partial charge in [-0.15, -0.1) is 0 Å². The fourth-order valence-corrected chi connectivity index (χ4v) is 2.68. The zero-order valence-electron chi connectivity index (χ0n) is 31.3. The summed E-state index contributed by atoms with van der Waals surface area (Å²) in [4.78, 5) is 54.2. The Morgan fingerprint density at radius 1 is 0.276 bits per heavy atom. The number of carbonyl (C=O) groups excluding carboxylic acids is 6. The molecule has 0 fully saturated rings. The maximum atomic E-state index is 13.0. The Morgan fingerprint density at radius 2 is 0.397 bits per heavy atom. The first-order chi connectivity index (χ1) is 24.1. The molecule has 0 heterocycles. The van der Waals surface area contributed by atoms with Crippen molar-refractivity contribution in [1.29, 1.82) is 0 Å². The van der Waals surface area contributed by atoms with E-state index in [1.54, 1.807) is 0 Å². The molecule has 0 amide bonds. The van der Waals surface area contributed by atoms with E-state index in [9.17, 15) is 107 Å². The number of hydrogen-bond acceptors (Lipinski definition) is 0. The van der Waals surface area contributed by atoms with E-state index in [1.165, 1.54) is 62.3 Å². The third-order valence-corrected chi connectivity index (χ3v) is 6.94. The minimum absolute atomic E-state index is 0. The summed E-state index contributed by atoms with van der Waals surface area (Å²) in [5.74, 6) is -46.6. The van der Waals surface area contributed by atoms with E-state index in [-0.39, 0.29) is 25.8 Å². The van der Waals surface area contributed by atoms with E-state index in [4.69, 9.17) is 14.4 Å². The quantitative estimate of drug-likeness (QED) is 0.105. The van der Waals surface area contributed by atoms with Crippen molar-refractivity contribution in [2.75, 3.05) is 0 Å². The molecule has 3 radical (unpaired) electrons. The smallest absolute Gasteiger partial charge is 0.282 e. The third-order valence-electron chi connectivity index (χ3n) is 6.94. The summed E-state index contributed by atoms with van der Waals surface area (Å²) in [5.41, 5.74) is -3.47. The van der Waals surface area contributed by atoms with Crippen molar-refractivity contribution in [3.8, 4) is 0 Å². The van der Waals surface area contributed by atoms with Crippen molar-refractivity contribution in [3.05, 3.63) is 0 Å². The van der Waals surface area contributed by atoms with E-state index < -0.39 is 124 Å². The van der Waals surface area contributed by atoms with E-state index in [0.29, 0.717) is 0 Å². The zero-order chi connectivity index (χ0) is 47.6. The molecule has 0 saturated heterocycles. The fraction of sp³-hybridized carbons (Fsp3) is 0.800. The molecule has 28 heteroatoms. The van der Waals surface area contributed by atoms with Crippen LogP contribution in [0.15, 0.2) is 0 Å². The number of ketones is 6. The molecule has 0 unspecified atom stereocenters. The number of halogens is 21. The van der Waals surface area contributed by atoms with Crippen LogP contribution in [0.4, 0.5) is 92.2 Å². The monoisotopic (exact) mass is 1010 g/mol. The van der Waals surface area contributed by atoms with Gasteiger partial charge in [0.15, 0.2) is 19.3 Å². The Morgan fingerprint density at radius 3 is 0.483 bits per heavy atom. The van der Waals surface area contributed by atoms with Gasteiger partial charge in [-0.05, 0) is 62.3 Å². The Bertz CT molecular complexity index is 1310. The number of alkyl halides is 21. The minimum atomic E-state index is -6.53. The second-order valence-electron chi connectivity index (χ2n) is 14.9. The van der Waals surface area contributed by atoms with Crippen LogP contribution in [-0.4, -0.2) is 143 Å². The van der Waals surface area contributed by atoms with Crippen LogP contribution in [0.1, 0.15) is 81.6 Å². The van der Waals surface area contributed by atoms with Gasteiger partial charge in [0.1, 0.15) is 0 Å². The van der Waals surface area contributed by atoms with Gasteiger partial charge in [0, 0.05) is 25.8 Å². The molecule has 0 aliphatic carbocycles. The van der Waals surface area contributed by atoms with Crippen LogP contribution in [0, 0.1) is 16.2 Å². The topological polar surface area (TPSA) is 128 Å². The average Bonchev–Trinajstić information content (AvgIpc) is 2.93. The molecule has 0 aromatic carbocycles. The van der Waals surface area contributed by atoms with Crippen molar-refractivity contribution >= 4 is 60.5 Å². The first-order valence-electron chi connectivity index (χ1n) is 14.9. The van der Waals surface area contributed by atoms with Gasteiger partial charge in [0.2, 0.25) is 0 Å². The molecule has 6 nitrogen and oxygen atoms in total. The van der Waals surface area contributed by atoms with Gasteiger partial charge in [-0.1, -0.05) is 0 Å². The van der Waals surface area contributed by atoms with Gasteiger partial charge in [0.05, 0.1) is 16.2 Å². The summed E-state index contributed by atoms with van der Waals surface area (Å²) < 4.78 is 260. The number of rotatable bonds is 12. The summed E-state index contributed by atoms with van der Waals surface area (Å²) in [5, 5.41) is 0. The number of hydrogen-bond donors (Lipinski definition) is 0. The first kappa shape index (κ1) is 62.1. The summed E-state index contributed by atoms with van der Waals surface area (Å²) in [7, 11) is 0. The Labute approximate surface area is 333 Å². The molecule has 0 bridgehead atoms. The molecule has 0 aliphatic heterocycles. The molecule has 0 atom stereocenters. The normalized spacial score (nSPS) is 14.2. The van der Waals surface area contributed by atoms with E-state index in [0.717, 1.165) is 0 Å². The van der Waals surface area contributed by atoms with Gasteiger partial charge in [-0.2, -0.15) is 92.2 Å². The average molecular weight is 1010 g/mol. The van der Waals surface area contributed by atoms with Crippen LogP contribution in [0.25, 0.3) is 0 Å². The summed E-state index contributed by atoms with van der Waals surface area (Å²) in [6.45, 7) is 11.7. The van der Waals surface area contributed by atoms with Gasteiger partial charge in [-0.3, -0.25) is 28.8 Å². The standard InChI is InChI=1S/3C10H11F7O2.In/c3*1-7(2,3)5(18)4-6(19)8(11,12)9(13,14)10(15,16)17;/h3*4H2,1-3H3;/p+6. The molecule has 0 aliphatic rings. The maximum Gasteiger partial charge on any atom is 0.460 e. The van der Waals surface area contributed by atoms with Gasteiger partial charge >= 0.3 is 88.8 Å². The summed E-state index contributed by atoms with van der Waals surface area (Å²) in [6.07, 6.45) is -24.0. The molecule has 0 aromatic heterocycles. The molecule has 0 saturated carbocycles. The Balaban J connectivity index is -0.000000374. The SMILES string of the molecule is CC(C)(C)C(=[OH+])CC(=[OH+])C(F)(F)C(F)(F)C(F)(F)F.CC(C)(C)C(=[OH+])CC(=[OH+])C(F)(F)C(F)(F)C(F)(F)F.CC(C)(C)C(=[OH+])CC(=[OH+])C(F)(F)C(F)(F)C(F)(F)F.[In]. The maximum absolute atomic E-state index is 13.0. The van der Waals surface area contributed by atoms with E-state index in [2.05, 4.69) is 0 Å². The second kappa shape index (κ2) is 19.0. The van der Waals surface area contributed by atoms with Crippen molar-refractivity contribution in [2.45, 2.75) is 136 Å². The summed E-state index contributed by atoms with van der Waals surface area (Å²) >= 11 is 0. The molecule has 6 N–H and O–H groups in total. The summed E-state index contributed by atoms with van der Waals surface area (Å²) in [6, 6.07) is 0. The van der Waals surface area contributed by atoms with Crippen LogP contribution in [-0.2, 0) is 0 Å². The van der Waals surface area contributed by atoms with Crippen LogP contribution in [0.2, 0.25) is 0 Å². The van der Waals surface area contributed by atoms with Crippen molar-refractivity contribution in [2.24, 2.45) is 16.2 Å². The van der Waals surface area contributed by atoms with Crippen LogP contribution >= 0.6 is 0 Å². The van der Waals surface area contributed by atoms with Gasteiger partial charge < -0.3 is 0 Å². The fourth-order valence-electron chi connectivity index (χ4n) is 2.68. The van der Waals surface area contributed by atoms with Gasteiger partial charge in [-0.25, -0.2) is 0 Å². The first-order valence-corrected chi connectivity index (χ1v) is 14.9.